The van der Waals surface area contributed by atoms with E-state index in [9.17, 15) is 0 Å². The van der Waals surface area contributed by atoms with Gasteiger partial charge in [0, 0.05) is 20.2 Å². The van der Waals surface area contributed by atoms with Crippen LogP contribution in [0.1, 0.15) is 0 Å². The smallest absolute Gasteiger partial charge is 0.0361 e. The Morgan fingerprint density at radius 1 is 0.255 bits per heavy atom. The van der Waals surface area contributed by atoms with E-state index in [1.807, 2.05) is 11.3 Å². The monoisotopic (exact) mass is 612 g/mol. The van der Waals surface area contributed by atoms with Crippen LogP contribution in [0.2, 0.25) is 0 Å². The first-order valence-corrected chi connectivity index (χ1v) is 17.0. The van der Waals surface area contributed by atoms with Gasteiger partial charge in [0.25, 0.3) is 0 Å². The molecule has 1 aromatic heterocycles. The molecule has 9 aromatic carbocycles. The summed E-state index contributed by atoms with van der Waals surface area (Å²) in [5, 5.41) is 12.9. The van der Waals surface area contributed by atoms with E-state index >= 15 is 0 Å². The molecule has 0 radical (unpaired) electrons. The minimum atomic E-state index is 1.25. The molecule has 0 saturated heterocycles. The highest BCUT2D eigenvalue weighted by Crippen LogP contribution is 2.45. The third-order valence-corrected chi connectivity index (χ3v) is 10.9. The molecule has 0 aliphatic rings. The van der Waals surface area contributed by atoms with Gasteiger partial charge in [-0.25, -0.2) is 0 Å². The van der Waals surface area contributed by atoms with E-state index in [4.69, 9.17) is 0 Å². The van der Waals surface area contributed by atoms with Gasteiger partial charge in [0.05, 0.1) is 0 Å². The van der Waals surface area contributed by atoms with Crippen LogP contribution in [0.4, 0.5) is 0 Å². The van der Waals surface area contributed by atoms with Crippen LogP contribution in [0, 0.1) is 0 Å². The molecule has 1 heterocycles. The van der Waals surface area contributed by atoms with E-state index in [2.05, 4.69) is 170 Å². The topological polar surface area (TPSA) is 0 Å². The lowest BCUT2D eigenvalue weighted by atomic mass is 9.86. The van der Waals surface area contributed by atoms with Gasteiger partial charge >= 0.3 is 0 Å². The fraction of sp³-hybridized carbons (Fsp3) is 0. The average molecular weight is 613 g/mol. The molecule has 1 heteroatoms. The lowest BCUT2D eigenvalue weighted by Gasteiger charge is -2.17. The summed E-state index contributed by atoms with van der Waals surface area (Å²) in [5.74, 6) is 0. The zero-order valence-corrected chi connectivity index (χ0v) is 26.4. The summed E-state index contributed by atoms with van der Waals surface area (Å²) < 4.78 is 2.65. The third kappa shape index (κ3) is 4.21. The zero-order valence-electron chi connectivity index (χ0n) is 25.6. The molecule has 0 bridgehead atoms. The number of benzene rings is 9. The van der Waals surface area contributed by atoms with Crippen LogP contribution in [-0.2, 0) is 0 Å². The number of hydrogen-bond donors (Lipinski definition) is 0. The highest BCUT2D eigenvalue weighted by Gasteiger charge is 2.17. The standard InChI is InChI=1S/C46H28S/c1-2-11-30(12-3-1)45-37-14-6-8-16-39(37)46(40-17-9-7-15-38(40)45)35-22-23-43-41(26-35)42-27-36-25-33(20-21-34(36)28-44(42)47-43)32-19-18-29-10-4-5-13-31(29)24-32/h1-28H. The number of rotatable bonds is 3. The molecule has 218 valence electrons. The van der Waals surface area contributed by atoms with Crippen molar-refractivity contribution in [3.05, 3.63) is 170 Å². The Balaban J connectivity index is 1.19. The normalized spacial score (nSPS) is 11.8. The van der Waals surface area contributed by atoms with Crippen molar-refractivity contribution in [1.82, 2.24) is 0 Å². The summed E-state index contributed by atoms with van der Waals surface area (Å²) >= 11 is 1.89. The minimum absolute atomic E-state index is 1.25. The Morgan fingerprint density at radius 3 is 1.47 bits per heavy atom. The van der Waals surface area contributed by atoms with Gasteiger partial charge < -0.3 is 0 Å². The zero-order chi connectivity index (χ0) is 30.9. The van der Waals surface area contributed by atoms with Crippen LogP contribution < -0.4 is 0 Å². The predicted molar refractivity (Wildman–Crippen MR) is 206 cm³/mol. The summed E-state index contributed by atoms with van der Waals surface area (Å²) in [7, 11) is 0. The van der Waals surface area contributed by atoms with Crippen LogP contribution >= 0.6 is 11.3 Å². The molecule has 0 unspecified atom stereocenters. The van der Waals surface area contributed by atoms with Gasteiger partial charge in [-0.15, -0.1) is 11.3 Å². The third-order valence-electron chi connectivity index (χ3n) is 9.79. The van der Waals surface area contributed by atoms with E-state index in [0.717, 1.165) is 0 Å². The quantitative estimate of drug-likeness (QED) is 0.174. The Morgan fingerprint density at radius 2 is 0.766 bits per heavy atom. The predicted octanol–water partition coefficient (Wildman–Crippen LogP) is 13.7. The van der Waals surface area contributed by atoms with E-state index < -0.39 is 0 Å². The van der Waals surface area contributed by atoms with Crippen LogP contribution in [0.3, 0.4) is 0 Å². The number of hydrogen-bond acceptors (Lipinski definition) is 1. The average Bonchev–Trinajstić information content (AvgIpc) is 3.49. The second-order valence-electron chi connectivity index (χ2n) is 12.5. The molecule has 0 saturated carbocycles. The summed E-state index contributed by atoms with van der Waals surface area (Å²) in [4.78, 5) is 0. The van der Waals surface area contributed by atoms with E-state index in [-0.39, 0.29) is 0 Å². The van der Waals surface area contributed by atoms with Crippen molar-refractivity contribution in [2.75, 3.05) is 0 Å². The molecular weight excluding hydrogens is 585 g/mol. The van der Waals surface area contributed by atoms with Gasteiger partial charge in [-0.3, -0.25) is 0 Å². The second kappa shape index (κ2) is 10.4. The summed E-state index contributed by atoms with van der Waals surface area (Å²) in [5.41, 5.74) is 7.61. The lowest BCUT2D eigenvalue weighted by molar-refractivity contribution is 1.66. The molecule has 0 spiro atoms. The first-order valence-electron chi connectivity index (χ1n) is 16.2. The number of thiophene rings is 1. The van der Waals surface area contributed by atoms with Crippen molar-refractivity contribution < 1.29 is 0 Å². The van der Waals surface area contributed by atoms with E-state index in [1.165, 1.54) is 96.6 Å². The van der Waals surface area contributed by atoms with Crippen LogP contribution in [0.15, 0.2) is 170 Å². The van der Waals surface area contributed by atoms with E-state index in [1.54, 1.807) is 0 Å². The largest absolute Gasteiger partial charge is 0.135 e. The Labute approximate surface area is 276 Å². The summed E-state index contributed by atoms with van der Waals surface area (Å²) in [6, 6.07) is 62.8. The maximum absolute atomic E-state index is 2.43. The Kier molecular flexibility index (Phi) is 5.85. The van der Waals surface area contributed by atoms with Crippen molar-refractivity contribution in [3.8, 4) is 33.4 Å². The van der Waals surface area contributed by atoms with Crippen LogP contribution in [-0.4, -0.2) is 0 Å². The van der Waals surface area contributed by atoms with Crippen molar-refractivity contribution in [2.24, 2.45) is 0 Å². The van der Waals surface area contributed by atoms with Gasteiger partial charge in [0.15, 0.2) is 0 Å². The fourth-order valence-electron chi connectivity index (χ4n) is 7.58. The maximum Gasteiger partial charge on any atom is 0.0361 e. The minimum Gasteiger partial charge on any atom is -0.135 e. The Bertz CT molecular complexity index is 2780. The highest BCUT2D eigenvalue weighted by molar-refractivity contribution is 7.25. The van der Waals surface area contributed by atoms with Crippen molar-refractivity contribution >= 4 is 74.6 Å². The molecule has 0 atom stereocenters. The molecule has 0 aliphatic heterocycles. The molecule has 0 amide bonds. The van der Waals surface area contributed by atoms with Gasteiger partial charge in [-0.1, -0.05) is 133 Å². The first-order chi connectivity index (χ1) is 23.3. The van der Waals surface area contributed by atoms with Crippen LogP contribution in [0.25, 0.3) is 96.6 Å². The molecule has 0 fully saturated rings. The molecule has 0 nitrogen and oxygen atoms in total. The lowest BCUT2D eigenvalue weighted by Crippen LogP contribution is -1.90. The molecule has 10 rings (SSSR count). The molecule has 0 N–H and O–H groups in total. The molecule has 0 aliphatic carbocycles. The highest BCUT2D eigenvalue weighted by atomic mass is 32.1. The van der Waals surface area contributed by atoms with Crippen LogP contribution in [0.5, 0.6) is 0 Å². The number of fused-ring (bicyclic) bond motifs is 7. The molecule has 47 heavy (non-hydrogen) atoms. The Hall–Kier alpha value is -5.76. The van der Waals surface area contributed by atoms with Crippen molar-refractivity contribution in [1.29, 1.82) is 0 Å². The van der Waals surface area contributed by atoms with Gasteiger partial charge in [0.1, 0.15) is 0 Å². The first kappa shape index (κ1) is 26.5. The van der Waals surface area contributed by atoms with Crippen molar-refractivity contribution in [2.45, 2.75) is 0 Å². The SMILES string of the molecule is c1ccc(-c2c3ccccc3c(-c3ccc4sc5cc6ccc(-c7ccc8ccccc8c7)cc6cc5c4c3)c3ccccc23)cc1. The van der Waals surface area contributed by atoms with Gasteiger partial charge in [0.2, 0.25) is 0 Å². The molecule has 10 aromatic rings. The second-order valence-corrected chi connectivity index (χ2v) is 13.6. The summed E-state index contributed by atoms with van der Waals surface area (Å²) in [6.45, 7) is 0. The fourth-order valence-corrected chi connectivity index (χ4v) is 8.70. The molecular formula is C46H28S. The summed E-state index contributed by atoms with van der Waals surface area (Å²) in [6.07, 6.45) is 0. The maximum atomic E-state index is 2.43. The van der Waals surface area contributed by atoms with E-state index in [0.29, 0.717) is 0 Å². The van der Waals surface area contributed by atoms with Crippen molar-refractivity contribution in [3.63, 3.8) is 0 Å². The van der Waals surface area contributed by atoms with Gasteiger partial charge in [-0.2, -0.15) is 0 Å². The van der Waals surface area contributed by atoms with Gasteiger partial charge in [-0.05, 0) is 113 Å².